The van der Waals surface area contributed by atoms with Crippen LogP contribution in [-0.4, -0.2) is 53.0 Å². The number of carbonyl (C=O) groups excluding carboxylic acids is 1. The number of aromatic nitrogens is 4. The van der Waals surface area contributed by atoms with Crippen molar-refractivity contribution >= 4 is 34.7 Å². The number of amides is 1. The molecule has 0 unspecified atom stereocenters. The van der Waals surface area contributed by atoms with E-state index < -0.39 is 0 Å². The van der Waals surface area contributed by atoms with Crippen LogP contribution < -0.4 is 19.7 Å². The standard InChI is InChI=1S/C19H21ClN6O3/c1-28-15-10-16(29-2)14(9-13(15)20)22-19(27)12-5-7-25(8-6-12)18-4-3-17-23-21-11-26(17)24-18/h3-4,9-12H,5-8H2,1-2H3,(H,22,27). The van der Waals surface area contributed by atoms with Gasteiger partial charge in [0.1, 0.15) is 23.6 Å². The highest BCUT2D eigenvalue weighted by molar-refractivity contribution is 6.32. The molecule has 2 aromatic heterocycles. The number of piperidine rings is 1. The highest BCUT2D eigenvalue weighted by Gasteiger charge is 2.27. The Labute approximate surface area is 172 Å². The molecule has 1 aromatic carbocycles. The maximum atomic E-state index is 12.8. The Hall–Kier alpha value is -3.07. The summed E-state index contributed by atoms with van der Waals surface area (Å²) in [6.45, 7) is 1.47. The van der Waals surface area contributed by atoms with Crippen molar-refractivity contribution in [2.45, 2.75) is 12.8 Å². The summed E-state index contributed by atoms with van der Waals surface area (Å²) >= 11 is 6.19. The molecule has 0 saturated carbocycles. The van der Waals surface area contributed by atoms with E-state index in [1.54, 1.807) is 23.0 Å². The zero-order valence-electron chi connectivity index (χ0n) is 16.1. The largest absolute Gasteiger partial charge is 0.495 e. The Morgan fingerprint density at radius 3 is 2.66 bits per heavy atom. The fraction of sp³-hybridized carbons (Fsp3) is 0.368. The average molecular weight is 417 g/mol. The third-order valence-corrected chi connectivity index (χ3v) is 5.36. The fourth-order valence-corrected chi connectivity index (χ4v) is 3.69. The van der Waals surface area contributed by atoms with E-state index >= 15 is 0 Å². The Morgan fingerprint density at radius 2 is 1.93 bits per heavy atom. The van der Waals surface area contributed by atoms with E-state index in [1.807, 2.05) is 12.1 Å². The minimum Gasteiger partial charge on any atom is -0.495 e. The third-order valence-electron chi connectivity index (χ3n) is 5.07. The van der Waals surface area contributed by atoms with Gasteiger partial charge in [-0.2, -0.15) is 4.52 Å². The van der Waals surface area contributed by atoms with Crippen LogP contribution in [0.5, 0.6) is 11.5 Å². The predicted octanol–water partition coefficient (Wildman–Crippen LogP) is 2.65. The van der Waals surface area contributed by atoms with Gasteiger partial charge in [-0.15, -0.1) is 15.3 Å². The lowest BCUT2D eigenvalue weighted by Crippen LogP contribution is -2.38. The van der Waals surface area contributed by atoms with Crippen LogP contribution in [0.25, 0.3) is 5.65 Å². The van der Waals surface area contributed by atoms with E-state index in [0.717, 1.165) is 31.7 Å². The fourth-order valence-electron chi connectivity index (χ4n) is 3.45. The second kappa shape index (κ2) is 8.12. The summed E-state index contributed by atoms with van der Waals surface area (Å²) in [5.41, 5.74) is 1.24. The summed E-state index contributed by atoms with van der Waals surface area (Å²) in [7, 11) is 3.07. The summed E-state index contributed by atoms with van der Waals surface area (Å²) in [5, 5.41) is 15.7. The number of hydrogen-bond acceptors (Lipinski definition) is 7. The van der Waals surface area contributed by atoms with Crippen molar-refractivity contribution in [3.63, 3.8) is 0 Å². The van der Waals surface area contributed by atoms with E-state index in [0.29, 0.717) is 27.9 Å². The summed E-state index contributed by atoms with van der Waals surface area (Å²) in [4.78, 5) is 14.9. The van der Waals surface area contributed by atoms with Gasteiger partial charge in [0.25, 0.3) is 0 Å². The van der Waals surface area contributed by atoms with Crippen molar-refractivity contribution in [3.8, 4) is 11.5 Å². The Morgan fingerprint density at radius 1 is 1.17 bits per heavy atom. The van der Waals surface area contributed by atoms with E-state index in [4.69, 9.17) is 21.1 Å². The zero-order valence-corrected chi connectivity index (χ0v) is 16.9. The molecule has 3 heterocycles. The van der Waals surface area contributed by atoms with Crippen LogP contribution in [0.1, 0.15) is 12.8 Å². The van der Waals surface area contributed by atoms with E-state index in [1.165, 1.54) is 14.2 Å². The molecule has 3 aromatic rings. The van der Waals surface area contributed by atoms with E-state index in [2.05, 4.69) is 25.5 Å². The van der Waals surface area contributed by atoms with Crippen molar-refractivity contribution in [2.24, 2.45) is 5.92 Å². The number of fused-ring (bicyclic) bond motifs is 1. The van der Waals surface area contributed by atoms with Crippen LogP contribution in [0.3, 0.4) is 0 Å². The molecule has 0 spiro atoms. The smallest absolute Gasteiger partial charge is 0.227 e. The molecule has 1 aliphatic rings. The van der Waals surface area contributed by atoms with Crippen LogP contribution in [0.4, 0.5) is 11.5 Å². The first-order valence-electron chi connectivity index (χ1n) is 9.23. The number of halogens is 1. The van der Waals surface area contributed by atoms with Gasteiger partial charge in [-0.1, -0.05) is 11.6 Å². The summed E-state index contributed by atoms with van der Waals surface area (Å²) in [6, 6.07) is 7.11. The van der Waals surface area contributed by atoms with Crippen molar-refractivity contribution in [1.82, 2.24) is 19.8 Å². The molecular weight excluding hydrogens is 396 g/mol. The number of nitrogens with one attached hydrogen (secondary N) is 1. The lowest BCUT2D eigenvalue weighted by Gasteiger charge is -2.32. The minimum absolute atomic E-state index is 0.0496. The van der Waals surface area contributed by atoms with Gasteiger partial charge < -0.3 is 19.7 Å². The number of rotatable bonds is 5. The SMILES string of the molecule is COc1cc(OC)c(NC(=O)C2CCN(c3ccc4nncn4n3)CC2)cc1Cl. The summed E-state index contributed by atoms with van der Waals surface area (Å²) < 4.78 is 12.2. The molecule has 152 valence electrons. The second-order valence-corrected chi connectivity index (χ2v) is 7.17. The van der Waals surface area contributed by atoms with Crippen LogP contribution >= 0.6 is 11.6 Å². The van der Waals surface area contributed by atoms with Gasteiger partial charge >= 0.3 is 0 Å². The lowest BCUT2D eigenvalue weighted by atomic mass is 9.95. The average Bonchev–Trinajstić information content (AvgIpc) is 3.22. The topological polar surface area (TPSA) is 93.9 Å². The van der Waals surface area contributed by atoms with Crippen LogP contribution in [-0.2, 0) is 4.79 Å². The highest BCUT2D eigenvalue weighted by atomic mass is 35.5. The number of ether oxygens (including phenoxy) is 2. The molecule has 1 amide bonds. The van der Waals surface area contributed by atoms with Gasteiger partial charge in [-0.3, -0.25) is 4.79 Å². The van der Waals surface area contributed by atoms with Crippen LogP contribution in [0.15, 0.2) is 30.6 Å². The van der Waals surface area contributed by atoms with Gasteiger partial charge in [0, 0.05) is 25.1 Å². The number of benzene rings is 1. The molecular formula is C19H21ClN6O3. The predicted molar refractivity (Wildman–Crippen MR) is 109 cm³/mol. The Kier molecular flexibility index (Phi) is 5.39. The highest BCUT2D eigenvalue weighted by Crippen LogP contribution is 2.36. The molecule has 29 heavy (non-hydrogen) atoms. The first-order valence-corrected chi connectivity index (χ1v) is 9.61. The normalized spacial score (nSPS) is 14.8. The van der Waals surface area contributed by atoms with Crippen LogP contribution in [0.2, 0.25) is 5.02 Å². The molecule has 1 aliphatic heterocycles. The third kappa shape index (κ3) is 3.91. The molecule has 10 heteroatoms. The van der Waals surface area contributed by atoms with Gasteiger partial charge in [-0.25, -0.2) is 0 Å². The maximum Gasteiger partial charge on any atom is 0.227 e. The molecule has 0 atom stereocenters. The van der Waals surface area contributed by atoms with Gasteiger partial charge in [0.2, 0.25) is 5.91 Å². The van der Waals surface area contributed by atoms with Gasteiger partial charge in [-0.05, 0) is 31.0 Å². The Balaban J connectivity index is 1.41. The number of carbonyl (C=O) groups is 1. The van der Waals surface area contributed by atoms with Crippen molar-refractivity contribution < 1.29 is 14.3 Å². The molecule has 9 nitrogen and oxygen atoms in total. The number of anilines is 2. The molecule has 1 saturated heterocycles. The molecule has 1 fully saturated rings. The molecule has 0 aliphatic carbocycles. The zero-order chi connectivity index (χ0) is 20.4. The monoisotopic (exact) mass is 416 g/mol. The number of methoxy groups -OCH3 is 2. The summed E-state index contributed by atoms with van der Waals surface area (Å²) in [5.74, 6) is 1.69. The van der Waals surface area contributed by atoms with Crippen LogP contribution in [0, 0.1) is 5.92 Å². The molecule has 0 bridgehead atoms. The van der Waals surface area contributed by atoms with E-state index in [9.17, 15) is 4.79 Å². The Bertz CT molecular complexity index is 1030. The minimum atomic E-state index is -0.101. The molecule has 0 radical (unpaired) electrons. The molecule has 4 rings (SSSR count). The lowest BCUT2D eigenvalue weighted by molar-refractivity contribution is -0.120. The van der Waals surface area contributed by atoms with Crippen molar-refractivity contribution in [3.05, 3.63) is 35.6 Å². The van der Waals surface area contributed by atoms with Gasteiger partial charge in [0.05, 0.1) is 24.9 Å². The number of hydrogen-bond donors (Lipinski definition) is 1. The maximum absolute atomic E-state index is 12.8. The number of nitrogens with zero attached hydrogens (tertiary/aromatic N) is 5. The summed E-state index contributed by atoms with van der Waals surface area (Å²) in [6.07, 6.45) is 3.02. The first-order chi connectivity index (χ1) is 14.1. The van der Waals surface area contributed by atoms with Crippen molar-refractivity contribution in [2.75, 3.05) is 37.5 Å². The quantitative estimate of drug-likeness (QED) is 0.683. The first kappa shape index (κ1) is 19.3. The van der Waals surface area contributed by atoms with Gasteiger partial charge in [0.15, 0.2) is 5.65 Å². The second-order valence-electron chi connectivity index (χ2n) is 6.76. The molecule has 1 N–H and O–H groups in total. The van der Waals surface area contributed by atoms with Crippen molar-refractivity contribution in [1.29, 1.82) is 0 Å². The van der Waals surface area contributed by atoms with E-state index in [-0.39, 0.29) is 11.8 Å².